The Morgan fingerprint density at radius 3 is 2.75 bits per heavy atom. The van der Waals surface area contributed by atoms with Gasteiger partial charge in [-0.2, -0.15) is 0 Å². The van der Waals surface area contributed by atoms with Gasteiger partial charge in [0.15, 0.2) is 5.82 Å². The van der Waals surface area contributed by atoms with Gasteiger partial charge in [-0.3, -0.25) is 4.98 Å². The van der Waals surface area contributed by atoms with E-state index in [2.05, 4.69) is 17.2 Å². The number of nitrogens with one attached hydrogen (secondary N) is 1. The van der Waals surface area contributed by atoms with E-state index in [0.717, 1.165) is 40.7 Å². The lowest BCUT2D eigenvalue weighted by Gasteiger charge is -2.36. The van der Waals surface area contributed by atoms with Crippen LogP contribution in [-0.2, 0) is 0 Å². The number of anilines is 2. The first kappa shape index (κ1) is 21.2. The number of halogens is 1. The van der Waals surface area contributed by atoms with E-state index in [1.807, 2.05) is 37.5 Å². The van der Waals surface area contributed by atoms with Gasteiger partial charge in [-0.05, 0) is 31.4 Å². The minimum Gasteiger partial charge on any atom is -0.354 e. The second kappa shape index (κ2) is 9.78. The SMILES string of the molecule is CCC(Sc1ccccc1Cl)c1ncc(N(C)[C@@H]2CCCC[C@@H]2N)nc1NN. The van der Waals surface area contributed by atoms with Crippen molar-refractivity contribution in [3.63, 3.8) is 0 Å². The van der Waals surface area contributed by atoms with Crippen LogP contribution in [0.3, 0.4) is 0 Å². The quantitative estimate of drug-likeness (QED) is 0.348. The standard InChI is InChI=1S/C20H29ClN6S/c1-3-16(28-17-11-7-4-8-13(17)21)19-20(26-23)25-18(12-24-19)27(2)15-10-6-5-9-14(15)22/h4,7-8,11-12,14-16H,3,5-6,9-10,22-23H2,1-2H3,(H,25,26)/t14-,15+,16?/m0/s1. The van der Waals surface area contributed by atoms with E-state index in [4.69, 9.17) is 33.1 Å². The van der Waals surface area contributed by atoms with E-state index in [0.29, 0.717) is 5.82 Å². The molecule has 3 rings (SSSR count). The molecule has 1 unspecified atom stereocenters. The molecule has 3 atom stereocenters. The van der Waals surface area contributed by atoms with Crippen molar-refractivity contribution in [2.45, 2.75) is 61.3 Å². The van der Waals surface area contributed by atoms with Gasteiger partial charge in [0.1, 0.15) is 5.82 Å². The van der Waals surface area contributed by atoms with Crippen LogP contribution in [0, 0.1) is 0 Å². The Hall–Kier alpha value is -1.54. The molecular weight excluding hydrogens is 392 g/mol. The number of rotatable bonds is 7. The van der Waals surface area contributed by atoms with Gasteiger partial charge in [0.05, 0.1) is 22.2 Å². The highest BCUT2D eigenvalue weighted by molar-refractivity contribution is 7.99. The number of nitrogens with zero attached hydrogens (tertiary/aromatic N) is 3. The van der Waals surface area contributed by atoms with E-state index in [1.54, 1.807) is 11.8 Å². The second-order valence-electron chi connectivity index (χ2n) is 7.18. The fourth-order valence-corrected chi connectivity index (χ4v) is 5.08. The van der Waals surface area contributed by atoms with Crippen LogP contribution in [0.25, 0.3) is 0 Å². The molecule has 1 heterocycles. The molecule has 0 radical (unpaired) electrons. The Labute approximate surface area is 176 Å². The Morgan fingerprint density at radius 1 is 1.32 bits per heavy atom. The van der Waals surface area contributed by atoms with Gasteiger partial charge < -0.3 is 16.1 Å². The topological polar surface area (TPSA) is 93.1 Å². The number of hydrogen-bond donors (Lipinski definition) is 3. The van der Waals surface area contributed by atoms with Crippen molar-refractivity contribution in [2.75, 3.05) is 17.4 Å². The third-order valence-corrected chi connectivity index (χ3v) is 7.24. The average molecular weight is 421 g/mol. The predicted molar refractivity (Wildman–Crippen MR) is 119 cm³/mol. The Bertz CT molecular complexity index is 789. The van der Waals surface area contributed by atoms with Crippen molar-refractivity contribution in [3.8, 4) is 0 Å². The summed E-state index contributed by atoms with van der Waals surface area (Å²) in [6.45, 7) is 2.12. The maximum atomic E-state index is 6.34. The van der Waals surface area contributed by atoms with Crippen LogP contribution in [0.15, 0.2) is 35.4 Å². The van der Waals surface area contributed by atoms with Crippen molar-refractivity contribution in [1.29, 1.82) is 0 Å². The van der Waals surface area contributed by atoms with Crippen LogP contribution in [0.5, 0.6) is 0 Å². The van der Waals surface area contributed by atoms with Gasteiger partial charge in [-0.15, -0.1) is 11.8 Å². The van der Waals surface area contributed by atoms with Gasteiger partial charge >= 0.3 is 0 Å². The second-order valence-corrected chi connectivity index (χ2v) is 8.83. The van der Waals surface area contributed by atoms with Crippen LogP contribution < -0.4 is 21.9 Å². The zero-order valence-corrected chi connectivity index (χ0v) is 18.0. The normalized spacial score (nSPS) is 20.6. The molecule has 1 aromatic heterocycles. The first-order chi connectivity index (χ1) is 13.5. The number of hydrogen-bond acceptors (Lipinski definition) is 7. The summed E-state index contributed by atoms with van der Waals surface area (Å²) in [7, 11) is 2.04. The highest BCUT2D eigenvalue weighted by Gasteiger charge is 2.27. The number of hydrazine groups is 1. The maximum absolute atomic E-state index is 6.34. The number of aromatic nitrogens is 2. The molecular formula is C20H29ClN6S. The molecule has 6 nitrogen and oxygen atoms in total. The number of thioether (sulfide) groups is 1. The number of benzene rings is 1. The molecule has 1 aliphatic rings. The molecule has 28 heavy (non-hydrogen) atoms. The summed E-state index contributed by atoms with van der Waals surface area (Å²) in [5.41, 5.74) is 9.92. The lowest BCUT2D eigenvalue weighted by atomic mass is 9.90. The summed E-state index contributed by atoms with van der Waals surface area (Å²) in [4.78, 5) is 12.7. The molecule has 5 N–H and O–H groups in total. The number of likely N-dealkylation sites (N-methyl/N-ethyl adjacent to an activating group) is 1. The zero-order valence-electron chi connectivity index (χ0n) is 16.4. The summed E-state index contributed by atoms with van der Waals surface area (Å²) < 4.78 is 0. The van der Waals surface area contributed by atoms with E-state index in [9.17, 15) is 0 Å². The van der Waals surface area contributed by atoms with Gasteiger partial charge in [0.25, 0.3) is 0 Å². The molecule has 0 amide bonds. The zero-order chi connectivity index (χ0) is 20.1. The maximum Gasteiger partial charge on any atom is 0.165 e. The third kappa shape index (κ3) is 4.71. The van der Waals surface area contributed by atoms with E-state index in [-0.39, 0.29) is 17.3 Å². The predicted octanol–water partition coefficient (Wildman–Crippen LogP) is 4.37. The first-order valence-electron chi connectivity index (χ1n) is 9.78. The van der Waals surface area contributed by atoms with Crippen LogP contribution in [0.1, 0.15) is 50.0 Å². The van der Waals surface area contributed by atoms with Crippen molar-refractivity contribution in [2.24, 2.45) is 11.6 Å². The van der Waals surface area contributed by atoms with Crippen molar-refractivity contribution in [3.05, 3.63) is 41.2 Å². The molecule has 152 valence electrons. The lowest BCUT2D eigenvalue weighted by molar-refractivity contribution is 0.372. The van der Waals surface area contributed by atoms with Crippen LogP contribution in [0.4, 0.5) is 11.6 Å². The van der Waals surface area contributed by atoms with Gasteiger partial charge in [-0.1, -0.05) is 43.5 Å². The van der Waals surface area contributed by atoms with Crippen LogP contribution in [0.2, 0.25) is 5.02 Å². The molecule has 8 heteroatoms. The smallest absolute Gasteiger partial charge is 0.165 e. The Balaban J connectivity index is 1.84. The van der Waals surface area contributed by atoms with E-state index in [1.165, 1.54) is 12.8 Å². The van der Waals surface area contributed by atoms with Gasteiger partial charge in [-0.25, -0.2) is 10.8 Å². The molecule has 0 aliphatic heterocycles. The molecule has 1 aromatic carbocycles. The Kier molecular flexibility index (Phi) is 7.40. The Morgan fingerprint density at radius 2 is 2.07 bits per heavy atom. The van der Waals surface area contributed by atoms with E-state index >= 15 is 0 Å². The number of nitrogens with two attached hydrogens (primary N) is 2. The van der Waals surface area contributed by atoms with Crippen molar-refractivity contribution >= 4 is 35.0 Å². The molecule has 1 saturated carbocycles. The molecule has 1 aliphatic carbocycles. The van der Waals surface area contributed by atoms with Crippen LogP contribution >= 0.6 is 23.4 Å². The fraction of sp³-hybridized carbons (Fsp3) is 0.500. The summed E-state index contributed by atoms with van der Waals surface area (Å²) >= 11 is 8.01. The fourth-order valence-electron chi connectivity index (χ4n) is 3.72. The lowest BCUT2D eigenvalue weighted by Crippen LogP contribution is -2.48. The molecule has 0 saturated heterocycles. The molecule has 1 fully saturated rings. The summed E-state index contributed by atoms with van der Waals surface area (Å²) in [6.07, 6.45) is 7.22. The highest BCUT2D eigenvalue weighted by atomic mass is 35.5. The first-order valence-corrected chi connectivity index (χ1v) is 11.0. The molecule has 0 spiro atoms. The van der Waals surface area contributed by atoms with Gasteiger partial charge in [0, 0.05) is 24.0 Å². The molecule has 0 bridgehead atoms. The molecule has 2 aromatic rings. The average Bonchev–Trinajstić information content (AvgIpc) is 2.72. The third-order valence-electron chi connectivity index (χ3n) is 5.35. The largest absolute Gasteiger partial charge is 0.354 e. The summed E-state index contributed by atoms with van der Waals surface area (Å²) in [5, 5.41) is 0.832. The highest BCUT2D eigenvalue weighted by Crippen LogP contribution is 2.42. The summed E-state index contributed by atoms with van der Waals surface area (Å²) in [6, 6.07) is 8.27. The minimum absolute atomic E-state index is 0.0924. The van der Waals surface area contributed by atoms with Gasteiger partial charge in [0.2, 0.25) is 0 Å². The van der Waals surface area contributed by atoms with Crippen molar-refractivity contribution in [1.82, 2.24) is 9.97 Å². The van der Waals surface area contributed by atoms with Crippen molar-refractivity contribution < 1.29 is 0 Å². The van der Waals surface area contributed by atoms with Crippen LogP contribution in [-0.4, -0.2) is 29.1 Å². The monoisotopic (exact) mass is 420 g/mol. The number of nitrogen functional groups attached to an aromatic ring is 1. The summed E-state index contributed by atoms with van der Waals surface area (Å²) in [5.74, 6) is 7.20. The minimum atomic E-state index is 0.0924. The van der Waals surface area contributed by atoms with E-state index < -0.39 is 0 Å².